The molecule has 0 fully saturated rings. The van der Waals surface area contributed by atoms with E-state index in [0.29, 0.717) is 29.0 Å². The number of amides is 2. The van der Waals surface area contributed by atoms with E-state index < -0.39 is 28.4 Å². The van der Waals surface area contributed by atoms with Crippen LogP contribution in [0.2, 0.25) is 0 Å². The van der Waals surface area contributed by atoms with E-state index in [1.807, 2.05) is 0 Å². The van der Waals surface area contributed by atoms with Crippen molar-refractivity contribution in [2.45, 2.75) is 6.54 Å². The Morgan fingerprint density at radius 3 is 2.67 bits per heavy atom. The Hall–Kier alpha value is -5.27. The number of benzene rings is 1. The summed E-state index contributed by atoms with van der Waals surface area (Å²) in [5, 5.41) is 17.8. The van der Waals surface area contributed by atoms with Gasteiger partial charge in [-0.25, -0.2) is 19.3 Å². The lowest BCUT2D eigenvalue weighted by atomic mass is 10.2. The van der Waals surface area contributed by atoms with Gasteiger partial charge in [-0.05, 0) is 40.2 Å². The molecular formula is C27H26BrFN10O4. The number of pyridine rings is 1. The van der Waals surface area contributed by atoms with Gasteiger partial charge in [0.2, 0.25) is 5.91 Å². The molecule has 3 aromatic heterocycles. The number of nitrogens with one attached hydrogen (secondary N) is 2. The van der Waals surface area contributed by atoms with Crippen LogP contribution in [-0.4, -0.2) is 66.4 Å². The minimum atomic E-state index is -0.876. The molecule has 0 bridgehead atoms. The van der Waals surface area contributed by atoms with Crippen molar-refractivity contribution in [1.29, 1.82) is 0 Å². The van der Waals surface area contributed by atoms with Gasteiger partial charge in [-0.15, -0.1) is 6.42 Å². The first-order chi connectivity index (χ1) is 19.9. The first-order valence-electron chi connectivity index (χ1n) is 12.3. The van der Waals surface area contributed by atoms with E-state index in [1.165, 1.54) is 48.4 Å². The van der Waals surface area contributed by atoms with Gasteiger partial charge in [0.15, 0.2) is 5.69 Å². The molecule has 43 heavy (non-hydrogen) atoms. The molecular weight excluding hydrogens is 627 g/mol. The van der Waals surface area contributed by atoms with Gasteiger partial charge >= 0.3 is 17.5 Å². The smallest absolute Gasteiger partial charge is 0.391 e. The number of primary amides is 1. The number of hydrogen-bond donors (Lipinski definition) is 3. The van der Waals surface area contributed by atoms with Crippen LogP contribution in [0.1, 0.15) is 21.9 Å². The molecule has 0 saturated heterocycles. The topological polar surface area (TPSA) is 184 Å². The van der Waals surface area contributed by atoms with Gasteiger partial charge < -0.3 is 47.9 Å². The predicted octanol–water partition coefficient (Wildman–Crippen LogP) is -0.595. The average Bonchev–Trinajstić information content (AvgIpc) is 3.25. The third kappa shape index (κ3) is 7.52. The van der Waals surface area contributed by atoms with Crippen molar-refractivity contribution >= 4 is 45.9 Å². The summed E-state index contributed by atoms with van der Waals surface area (Å²) in [6, 6.07) is 5.83. The molecule has 0 radical (unpaired) electrons. The molecule has 0 aliphatic rings. The zero-order chi connectivity index (χ0) is 30.6. The quantitative estimate of drug-likeness (QED) is 0.0662. The van der Waals surface area contributed by atoms with Crippen LogP contribution < -0.4 is 33.3 Å². The van der Waals surface area contributed by atoms with Gasteiger partial charge in [0, 0.05) is 24.2 Å². The van der Waals surface area contributed by atoms with Crippen LogP contribution in [0.5, 0.6) is 0 Å². The summed E-state index contributed by atoms with van der Waals surface area (Å²) in [4.78, 5) is 51.5. The number of nitrogens with zero attached hydrogens (tertiary/aromatic N) is 7. The molecule has 0 atom stereocenters. The van der Waals surface area contributed by atoms with Crippen molar-refractivity contribution < 1.29 is 40.4 Å². The van der Waals surface area contributed by atoms with Crippen molar-refractivity contribution in [2.75, 3.05) is 31.3 Å². The van der Waals surface area contributed by atoms with Crippen LogP contribution in [0.15, 0.2) is 48.9 Å². The number of fused-ring (bicyclic) bond motifs is 1. The van der Waals surface area contributed by atoms with E-state index in [0.717, 1.165) is 0 Å². The molecule has 16 heteroatoms. The third-order valence-electron chi connectivity index (χ3n) is 6.19. The number of likely N-dealkylation sites (N-methyl/N-ethyl adjacent to an activating group) is 1. The van der Waals surface area contributed by atoms with E-state index in [1.54, 1.807) is 26.2 Å². The van der Waals surface area contributed by atoms with Crippen molar-refractivity contribution in [1.82, 2.24) is 24.5 Å². The number of anilines is 3. The molecule has 4 rings (SSSR count). The second-order valence-electron chi connectivity index (χ2n) is 9.83. The fourth-order valence-corrected chi connectivity index (χ4v) is 4.12. The van der Waals surface area contributed by atoms with Crippen LogP contribution in [-0.2, 0) is 18.4 Å². The Bertz CT molecular complexity index is 1800. The summed E-state index contributed by atoms with van der Waals surface area (Å²) >= 11 is 0. The van der Waals surface area contributed by atoms with Crippen LogP contribution in [0.3, 0.4) is 0 Å². The lowest BCUT2D eigenvalue weighted by Gasteiger charge is -2.28. The number of nitro groups is 1. The largest absolute Gasteiger partial charge is 1.00 e. The summed E-state index contributed by atoms with van der Waals surface area (Å²) < 4.78 is 15.3. The number of imidazole rings is 1. The molecule has 0 aliphatic heterocycles. The molecule has 1 aromatic carbocycles. The lowest BCUT2D eigenvalue weighted by Crippen LogP contribution is -3.00. The molecule has 14 nitrogen and oxygen atoms in total. The van der Waals surface area contributed by atoms with Crippen molar-refractivity contribution in [3.8, 4) is 12.3 Å². The molecule has 222 valence electrons. The van der Waals surface area contributed by atoms with E-state index in [2.05, 4.69) is 36.5 Å². The third-order valence-corrected chi connectivity index (χ3v) is 6.19. The maximum atomic E-state index is 13.8. The number of carbonyl (C=O) groups excluding carboxylic acids is 2. The van der Waals surface area contributed by atoms with Crippen LogP contribution in [0, 0.1) is 28.3 Å². The molecule has 2 amide bonds. The average molecular weight is 653 g/mol. The second-order valence-corrected chi connectivity index (χ2v) is 9.83. The number of hydrogen-bond acceptors (Lipinski definition) is 9. The number of aromatic nitrogens is 5. The van der Waals surface area contributed by atoms with Crippen molar-refractivity contribution in [2.24, 2.45) is 12.8 Å². The van der Waals surface area contributed by atoms with Gasteiger partial charge in [-0.2, -0.15) is 0 Å². The van der Waals surface area contributed by atoms with E-state index in [9.17, 15) is 24.1 Å². The highest BCUT2D eigenvalue weighted by Gasteiger charge is 2.32. The fourth-order valence-electron chi connectivity index (χ4n) is 4.12. The van der Waals surface area contributed by atoms with Gasteiger partial charge in [0.1, 0.15) is 30.3 Å². The molecule has 0 unspecified atom stereocenters. The number of rotatable bonds is 10. The highest BCUT2D eigenvalue weighted by Crippen LogP contribution is 2.26. The highest BCUT2D eigenvalue weighted by atomic mass is 79.9. The van der Waals surface area contributed by atoms with E-state index in [-0.39, 0.29) is 50.9 Å². The molecule has 3 heterocycles. The van der Waals surface area contributed by atoms with Gasteiger partial charge in [-0.3, -0.25) is 14.2 Å². The minimum Gasteiger partial charge on any atom is -1.00 e. The van der Waals surface area contributed by atoms with Crippen LogP contribution in [0.4, 0.5) is 27.5 Å². The van der Waals surface area contributed by atoms with Gasteiger partial charge in [-0.1, -0.05) is 5.92 Å². The minimum absolute atomic E-state index is 0. The van der Waals surface area contributed by atoms with E-state index >= 15 is 0 Å². The molecule has 0 saturated carbocycles. The maximum Gasteiger partial charge on any atom is 0.391 e. The number of carbonyl (C=O) groups is 2. The lowest BCUT2D eigenvalue weighted by molar-refractivity contribution is -0.898. The predicted molar refractivity (Wildman–Crippen MR) is 152 cm³/mol. The van der Waals surface area contributed by atoms with Gasteiger partial charge in [0.05, 0.1) is 37.9 Å². The van der Waals surface area contributed by atoms with Gasteiger partial charge in [0.25, 0.3) is 0 Å². The standard InChI is InChI=1S/C27H25FN10O4.BrH/c1-5-16-11-17(8-9-19(16)28)33-25-18-12-22(30-13-20(18)31-15-32-25)34-23(39)7-6-10-38(3,4)14-21-26(37(41)42)35-27(24(29)40)36(21)2;/h1,6-9,11-13,15H,10,14H2,2-4H3,(H3-,29,30,31,32,33,34,35,39,40);1H/b7-6+;. The summed E-state index contributed by atoms with van der Waals surface area (Å²) in [5.74, 6) is 0.386. The number of quaternary nitrogens is 1. The van der Waals surface area contributed by atoms with Crippen LogP contribution in [0.25, 0.3) is 10.9 Å². The van der Waals surface area contributed by atoms with E-state index in [4.69, 9.17) is 12.2 Å². The SMILES string of the molecule is C#Cc1cc(Nc2ncnc3cnc(NC(=O)/C=C/C[N+](C)(C)Cc4c([N+](=O)[O-])nc(C(N)=O)n4C)cc23)ccc1F.[Br-]. The highest BCUT2D eigenvalue weighted by molar-refractivity contribution is 6.00. The first kappa shape index (κ1) is 32.2. The number of terminal acetylenes is 1. The summed E-state index contributed by atoms with van der Waals surface area (Å²) in [6.45, 7) is 0.448. The normalized spacial score (nSPS) is 11.1. The molecule has 4 aromatic rings. The molecule has 0 aliphatic carbocycles. The molecule has 4 N–H and O–H groups in total. The zero-order valence-electron chi connectivity index (χ0n) is 23.2. The van der Waals surface area contributed by atoms with Crippen LogP contribution >= 0.6 is 0 Å². The molecule has 0 spiro atoms. The Balaban J connectivity index is 0.00000506. The zero-order valence-corrected chi connectivity index (χ0v) is 24.8. The number of halogens is 2. The summed E-state index contributed by atoms with van der Waals surface area (Å²) in [6.07, 6.45) is 11.1. The Labute approximate surface area is 255 Å². The maximum absolute atomic E-state index is 13.8. The Morgan fingerprint density at radius 2 is 2.00 bits per heavy atom. The first-order valence-corrected chi connectivity index (χ1v) is 12.3. The monoisotopic (exact) mass is 652 g/mol. The van der Waals surface area contributed by atoms with Crippen molar-refractivity contribution in [3.63, 3.8) is 0 Å². The summed E-state index contributed by atoms with van der Waals surface area (Å²) in [5.41, 5.74) is 6.62. The second kappa shape index (κ2) is 13.1. The fraction of sp³-hybridized carbons (Fsp3) is 0.185. The Kier molecular flexibility index (Phi) is 9.86. The number of nitrogens with two attached hydrogens (primary N) is 1. The van der Waals surface area contributed by atoms with Crippen molar-refractivity contribution in [3.05, 3.63) is 82.0 Å². The summed E-state index contributed by atoms with van der Waals surface area (Å²) in [7, 11) is 5.08. The Morgan fingerprint density at radius 1 is 1.26 bits per heavy atom.